The largest absolute Gasteiger partial charge is 0.480 e. The van der Waals surface area contributed by atoms with Gasteiger partial charge in [-0.05, 0) is 107 Å². The number of nitrogens with one attached hydrogen (secondary N) is 11. The summed E-state index contributed by atoms with van der Waals surface area (Å²) in [7, 11) is 0. The number of carboxylic acids is 1. The number of fused-ring (bicyclic) bond motifs is 1. The lowest BCUT2D eigenvalue weighted by Crippen LogP contribution is -2.61. The molecule has 1 aliphatic heterocycles. The van der Waals surface area contributed by atoms with Gasteiger partial charge in [0.25, 0.3) is 0 Å². The topological polar surface area (TPSA) is 508 Å². The van der Waals surface area contributed by atoms with Crippen molar-refractivity contribution in [3.63, 3.8) is 0 Å². The van der Waals surface area contributed by atoms with E-state index in [2.05, 4.69) is 58.2 Å². The number of likely N-dealkylation sites (tertiary alicyclic amines) is 1. The van der Waals surface area contributed by atoms with Gasteiger partial charge in [0, 0.05) is 49.3 Å². The van der Waals surface area contributed by atoms with Crippen molar-refractivity contribution in [3.8, 4) is 0 Å². The molecule has 0 bridgehead atoms. The van der Waals surface area contributed by atoms with E-state index in [1.54, 1.807) is 50.4 Å². The molecule has 3 aromatic rings. The first-order valence-corrected chi connectivity index (χ1v) is 38.7. The molecular formula is C78H120N14O18. The van der Waals surface area contributed by atoms with Crippen molar-refractivity contribution >= 4 is 100.0 Å². The van der Waals surface area contributed by atoms with Crippen LogP contribution in [0.1, 0.15) is 208 Å². The summed E-state index contributed by atoms with van der Waals surface area (Å²) in [6.07, 6.45) is 11.3. The average Bonchev–Trinajstić information content (AvgIpc) is 1.65. The lowest BCUT2D eigenvalue weighted by atomic mass is 10.0. The Hall–Kier alpha value is -9.85. The van der Waals surface area contributed by atoms with E-state index in [9.17, 15) is 87.2 Å². The first-order chi connectivity index (χ1) is 52.2. The van der Waals surface area contributed by atoms with Crippen LogP contribution in [0.15, 0.2) is 60.8 Å². The number of aromatic nitrogens is 1. The maximum atomic E-state index is 14.1. The molecule has 1 aliphatic rings. The lowest BCUT2D eigenvalue weighted by Gasteiger charge is -2.28. The van der Waals surface area contributed by atoms with E-state index in [1.165, 1.54) is 18.7 Å². The first-order valence-electron chi connectivity index (χ1n) is 38.7. The van der Waals surface area contributed by atoms with Crippen LogP contribution in [-0.2, 0) is 84.8 Å². The Morgan fingerprint density at radius 1 is 0.509 bits per heavy atom. The number of unbranched alkanes of at least 4 members (excludes halogenated alkanes) is 11. The maximum Gasteiger partial charge on any atom is 0.326 e. The normalized spacial score (nSPS) is 15.8. The van der Waals surface area contributed by atoms with Crippen molar-refractivity contribution < 1.29 is 87.2 Å². The van der Waals surface area contributed by atoms with Crippen LogP contribution < -0.4 is 64.6 Å². The minimum Gasteiger partial charge on any atom is -0.480 e. The van der Waals surface area contributed by atoms with Crippen molar-refractivity contribution in [2.24, 2.45) is 29.2 Å². The van der Waals surface area contributed by atoms with Gasteiger partial charge in [0.2, 0.25) is 76.8 Å². The highest BCUT2D eigenvalue weighted by molar-refractivity contribution is 5.99. The van der Waals surface area contributed by atoms with Crippen LogP contribution in [0.5, 0.6) is 0 Å². The van der Waals surface area contributed by atoms with E-state index in [4.69, 9.17) is 11.5 Å². The standard InChI is InChI=1S/C78H120N14O18/c1-46(2)37-57(71(102)82-49(7)69(100)86-58(38-47(3)4)74(105)90-61(78(109)110)41-52-43-81-55-30-25-24-29-54(52)55)87-70(101)56(34-35-64(79)96)85-76(107)63-31-26-36-92(63)67(99)33-23-18-16-14-12-10-9-11-13-15-17-22-32-66(98)84-62(45-94)75(106)91-68(50(8)95)77(108)89-59(39-48(5)6)73(104)88-60(42-65(80)97)72(103)83-53(44-93)40-51-27-20-19-21-28-51/h19-21,24-25,27-30,43-44,46-50,53,56-63,68,81,94-95H,9-18,22-23,26,31-42,45H2,1-8H3,(H2,79,96)(H2,80,97)(H,82,102)(H,83,103)(H,84,98)(H,85,107)(H,86,100)(H,87,101)(H,88,104)(H,89,108)(H,90,105)(H,91,106)(H,109,110)/t49-,50?,53-,56-,57-,58-,59-,60-,61-,62-,63-,68-/m0/s1. The number of primary amides is 2. The molecule has 110 heavy (non-hydrogen) atoms. The number of hydrogen-bond acceptors (Lipinski definition) is 17. The predicted molar refractivity (Wildman–Crippen MR) is 410 cm³/mol. The van der Waals surface area contributed by atoms with Crippen LogP contribution in [0.2, 0.25) is 0 Å². The maximum absolute atomic E-state index is 14.1. The monoisotopic (exact) mass is 1540 g/mol. The molecular weight excluding hydrogens is 1420 g/mol. The summed E-state index contributed by atoms with van der Waals surface area (Å²) >= 11 is 0. The zero-order valence-electron chi connectivity index (χ0n) is 65.0. The molecule has 1 saturated heterocycles. The van der Waals surface area contributed by atoms with Crippen LogP contribution >= 0.6 is 0 Å². The second-order valence-electron chi connectivity index (χ2n) is 30.0. The molecule has 0 radical (unpaired) electrons. The van der Waals surface area contributed by atoms with Crippen LogP contribution in [0.3, 0.4) is 0 Å². The number of nitrogens with two attached hydrogens (primary N) is 2. The molecule has 0 spiro atoms. The number of nitrogens with zero attached hydrogens (tertiary/aromatic N) is 1. The Morgan fingerprint density at radius 3 is 1.52 bits per heavy atom. The Kier molecular flexibility index (Phi) is 40.9. The fourth-order valence-electron chi connectivity index (χ4n) is 13.0. The van der Waals surface area contributed by atoms with Gasteiger partial charge in [-0.3, -0.25) is 62.3 Å². The number of para-hydroxylation sites is 1. The summed E-state index contributed by atoms with van der Waals surface area (Å²) in [5.41, 5.74) is 13.1. The third-order valence-electron chi connectivity index (χ3n) is 18.9. The number of carbonyl (C=O) groups is 15. The molecule has 12 atom stereocenters. The number of aliphatic hydroxyl groups is 2. The lowest BCUT2D eigenvalue weighted by molar-refractivity contribution is -0.142. The highest BCUT2D eigenvalue weighted by Gasteiger charge is 2.39. The van der Waals surface area contributed by atoms with Gasteiger partial charge in [0.1, 0.15) is 66.7 Å². The Labute approximate surface area is 643 Å². The van der Waals surface area contributed by atoms with Gasteiger partial charge in [-0.1, -0.05) is 154 Å². The summed E-state index contributed by atoms with van der Waals surface area (Å²) < 4.78 is 0. The van der Waals surface area contributed by atoms with Crippen LogP contribution in [0, 0.1) is 17.8 Å². The molecule has 2 heterocycles. The van der Waals surface area contributed by atoms with Crippen LogP contribution in [0.25, 0.3) is 10.9 Å². The van der Waals surface area contributed by atoms with Crippen molar-refractivity contribution in [2.45, 2.75) is 282 Å². The highest BCUT2D eigenvalue weighted by atomic mass is 16.4. The van der Waals surface area contributed by atoms with Crippen molar-refractivity contribution in [1.29, 1.82) is 0 Å². The van der Waals surface area contributed by atoms with Crippen molar-refractivity contribution in [3.05, 3.63) is 71.9 Å². The molecule has 13 amide bonds. The van der Waals surface area contributed by atoms with Crippen LogP contribution in [0.4, 0.5) is 0 Å². The first kappa shape index (κ1) is 92.5. The number of H-pyrrole nitrogens is 1. The number of carboxylic acid groups (broad SMARTS) is 1. The van der Waals surface area contributed by atoms with E-state index in [0.29, 0.717) is 44.1 Å². The van der Waals surface area contributed by atoms with E-state index in [1.807, 2.05) is 52.0 Å². The fourth-order valence-corrected chi connectivity index (χ4v) is 13.0. The van der Waals surface area contributed by atoms with Gasteiger partial charge in [-0.2, -0.15) is 0 Å². The van der Waals surface area contributed by atoms with Gasteiger partial charge in [-0.15, -0.1) is 0 Å². The molecule has 32 nitrogen and oxygen atoms in total. The molecule has 2 aromatic carbocycles. The molecule has 0 saturated carbocycles. The number of aldehydes is 1. The summed E-state index contributed by atoms with van der Waals surface area (Å²) in [5.74, 6) is -11.6. The molecule has 18 N–H and O–H groups in total. The number of amides is 13. The number of hydrogen-bond donors (Lipinski definition) is 16. The average molecular weight is 1540 g/mol. The number of aliphatic carboxylic acids is 1. The van der Waals surface area contributed by atoms with Gasteiger partial charge < -0.3 is 94.6 Å². The predicted octanol–water partition coefficient (Wildman–Crippen LogP) is 2.21. The van der Waals surface area contributed by atoms with E-state index in [0.717, 1.165) is 80.7 Å². The molecule has 0 aliphatic carbocycles. The third-order valence-corrected chi connectivity index (χ3v) is 18.9. The van der Waals surface area contributed by atoms with Crippen molar-refractivity contribution in [1.82, 2.24) is 63.1 Å². The quantitative estimate of drug-likeness (QED) is 0.0284. The van der Waals surface area contributed by atoms with E-state index >= 15 is 0 Å². The van der Waals surface area contributed by atoms with E-state index < -0.39 is 162 Å². The number of benzene rings is 2. The number of aromatic amines is 1. The number of aliphatic hydroxyl groups excluding tert-OH is 2. The molecule has 610 valence electrons. The number of rotatable bonds is 53. The molecule has 1 unspecified atom stereocenters. The third kappa shape index (κ3) is 33.6. The van der Waals surface area contributed by atoms with Gasteiger partial charge in [0.15, 0.2) is 0 Å². The zero-order valence-corrected chi connectivity index (χ0v) is 65.0. The van der Waals surface area contributed by atoms with Gasteiger partial charge >= 0.3 is 5.97 Å². The SMILES string of the molecule is CC(C)C[C@H](NC(=O)[C@H](C)NC(=O)[C@H](CC(C)C)NC(=O)[C@H](CCC(N)=O)NC(=O)[C@@H]1CCCN1C(=O)CCCCCCCCCCCCCCC(=O)N[C@@H](CO)C(=O)N[C@H](C(=O)N[C@@H](CC(C)C)C(=O)N[C@@H](CC(N)=O)C(=O)N[C@H](C=O)Cc1ccccc1)C(C)O)C(=O)N[C@@H](Cc1c[nH]c2ccccc12)C(=O)O. The van der Waals surface area contributed by atoms with E-state index in [-0.39, 0.29) is 81.4 Å². The molecule has 32 heteroatoms. The van der Waals surface area contributed by atoms with Crippen molar-refractivity contribution in [2.75, 3.05) is 13.2 Å². The molecule has 1 fully saturated rings. The summed E-state index contributed by atoms with van der Waals surface area (Å²) in [5, 5.41) is 57.1. The summed E-state index contributed by atoms with van der Waals surface area (Å²) in [6, 6.07) is 1.86. The second kappa shape index (κ2) is 48.6. The summed E-state index contributed by atoms with van der Waals surface area (Å²) in [4.78, 5) is 203. The second-order valence-corrected chi connectivity index (χ2v) is 30.0. The minimum atomic E-state index is -1.67. The van der Waals surface area contributed by atoms with Gasteiger partial charge in [0.05, 0.1) is 25.2 Å². The minimum absolute atomic E-state index is 0.00636. The smallest absolute Gasteiger partial charge is 0.326 e. The Morgan fingerprint density at radius 2 is 0.991 bits per heavy atom. The zero-order chi connectivity index (χ0) is 81.6. The Bertz CT molecular complexity index is 3530. The molecule has 1 aromatic heterocycles. The summed E-state index contributed by atoms with van der Waals surface area (Å²) in [6.45, 7) is 12.9. The Balaban J connectivity index is 1.15. The fraction of sp³-hybridized carbons (Fsp3) is 0.628. The number of carbonyl (C=O) groups excluding carboxylic acids is 14. The van der Waals surface area contributed by atoms with Crippen LogP contribution in [-0.4, -0.2) is 200 Å². The highest BCUT2D eigenvalue weighted by Crippen LogP contribution is 2.23. The molecule has 4 rings (SSSR count). The van der Waals surface area contributed by atoms with Gasteiger partial charge in [-0.25, -0.2) is 4.79 Å².